The fourth-order valence-corrected chi connectivity index (χ4v) is 3.64. The largest absolute Gasteiger partial charge is 0.389 e. The van der Waals surface area contributed by atoms with Crippen LogP contribution in [-0.2, 0) is 22.7 Å². The summed E-state index contributed by atoms with van der Waals surface area (Å²) < 4.78 is 11.6. The van der Waals surface area contributed by atoms with Crippen molar-refractivity contribution in [3.63, 3.8) is 0 Å². The molecular weight excluding hydrogens is 390 g/mol. The number of likely N-dealkylation sites (tertiary alicyclic amines) is 1. The molecule has 2 aromatic carbocycles. The number of hydrogen-bond donors (Lipinski definition) is 2. The van der Waals surface area contributed by atoms with Crippen molar-refractivity contribution < 1.29 is 14.6 Å². The van der Waals surface area contributed by atoms with Crippen molar-refractivity contribution in [3.05, 3.63) is 71.8 Å². The van der Waals surface area contributed by atoms with Crippen molar-refractivity contribution in [1.82, 2.24) is 10.2 Å². The Kier molecular flexibility index (Phi) is 9.83. The Bertz CT molecular complexity index is 770. The lowest BCUT2D eigenvalue weighted by Gasteiger charge is -2.22. The summed E-state index contributed by atoms with van der Waals surface area (Å²) in [5, 5.41) is 13.6. The minimum atomic E-state index is -0.620. The molecule has 0 radical (unpaired) electrons. The van der Waals surface area contributed by atoms with Gasteiger partial charge in [0.2, 0.25) is 0 Å². The number of ether oxygens (including phenoxy) is 2. The number of aliphatic imine (C=N–C) groups is 1. The van der Waals surface area contributed by atoms with Crippen LogP contribution in [0.2, 0.25) is 0 Å². The molecule has 2 unspecified atom stereocenters. The van der Waals surface area contributed by atoms with E-state index in [9.17, 15) is 5.11 Å². The molecule has 0 amide bonds. The number of nitrogens with zero attached hydrogens (tertiary/aromatic N) is 2. The summed E-state index contributed by atoms with van der Waals surface area (Å²) in [4.78, 5) is 6.91. The van der Waals surface area contributed by atoms with Crippen LogP contribution >= 0.6 is 0 Å². The van der Waals surface area contributed by atoms with Crippen LogP contribution in [0, 0.1) is 5.92 Å². The van der Waals surface area contributed by atoms with Crippen molar-refractivity contribution in [2.75, 3.05) is 39.4 Å². The number of aliphatic hydroxyl groups is 1. The predicted octanol–water partition coefficient (Wildman–Crippen LogP) is 3.07. The van der Waals surface area contributed by atoms with Gasteiger partial charge in [-0.15, -0.1) is 0 Å². The summed E-state index contributed by atoms with van der Waals surface area (Å²) in [5.74, 6) is 1.35. The molecule has 0 saturated carbocycles. The van der Waals surface area contributed by atoms with E-state index in [2.05, 4.69) is 34.3 Å². The van der Waals surface area contributed by atoms with Crippen LogP contribution in [0.5, 0.6) is 0 Å². The molecule has 3 rings (SSSR count). The van der Waals surface area contributed by atoms with Crippen LogP contribution in [0.1, 0.15) is 24.5 Å². The summed E-state index contributed by atoms with van der Waals surface area (Å²) >= 11 is 0. The van der Waals surface area contributed by atoms with Gasteiger partial charge in [-0.2, -0.15) is 0 Å². The summed E-state index contributed by atoms with van der Waals surface area (Å²) in [6.07, 6.45) is 0.465. The molecule has 1 aliphatic rings. The number of nitrogens with one attached hydrogen (secondary N) is 1. The first-order valence-electron chi connectivity index (χ1n) is 11.2. The molecule has 0 bridgehead atoms. The van der Waals surface area contributed by atoms with Gasteiger partial charge in [0, 0.05) is 25.6 Å². The highest BCUT2D eigenvalue weighted by Gasteiger charge is 2.25. The van der Waals surface area contributed by atoms with Gasteiger partial charge >= 0.3 is 0 Å². The molecule has 6 nitrogen and oxygen atoms in total. The molecular formula is C25H35N3O3. The summed E-state index contributed by atoms with van der Waals surface area (Å²) in [7, 11) is 0. The summed E-state index contributed by atoms with van der Waals surface area (Å²) in [6, 6.07) is 20.3. The van der Waals surface area contributed by atoms with Crippen molar-refractivity contribution in [3.8, 4) is 0 Å². The highest BCUT2D eigenvalue weighted by Crippen LogP contribution is 2.17. The fourth-order valence-electron chi connectivity index (χ4n) is 3.64. The van der Waals surface area contributed by atoms with E-state index < -0.39 is 6.10 Å². The maximum atomic E-state index is 10.3. The third-order valence-electron chi connectivity index (χ3n) is 5.26. The Balaban J connectivity index is 1.39. The van der Waals surface area contributed by atoms with E-state index in [0.29, 0.717) is 25.7 Å². The predicted molar refractivity (Wildman–Crippen MR) is 124 cm³/mol. The highest BCUT2D eigenvalue weighted by molar-refractivity contribution is 5.80. The molecule has 1 saturated heterocycles. The van der Waals surface area contributed by atoms with Crippen LogP contribution < -0.4 is 5.32 Å². The maximum absolute atomic E-state index is 10.3. The highest BCUT2D eigenvalue weighted by atomic mass is 16.5. The third kappa shape index (κ3) is 8.32. The van der Waals surface area contributed by atoms with E-state index in [1.807, 2.05) is 48.5 Å². The molecule has 168 valence electrons. The second kappa shape index (κ2) is 13.1. The zero-order valence-electron chi connectivity index (χ0n) is 18.5. The minimum absolute atomic E-state index is 0.272. The van der Waals surface area contributed by atoms with E-state index >= 15 is 0 Å². The second-order valence-electron chi connectivity index (χ2n) is 7.95. The molecule has 2 atom stereocenters. The van der Waals surface area contributed by atoms with Gasteiger partial charge in [0.25, 0.3) is 0 Å². The number of aliphatic hydroxyl groups excluding tert-OH is 1. The zero-order valence-corrected chi connectivity index (χ0v) is 18.5. The van der Waals surface area contributed by atoms with Crippen molar-refractivity contribution >= 4 is 5.96 Å². The van der Waals surface area contributed by atoms with Gasteiger partial charge in [-0.05, 0) is 24.5 Å². The lowest BCUT2D eigenvalue weighted by molar-refractivity contribution is 0.0330. The standard InChI is InChI=1S/C25H35N3O3/c1-2-26-25(27-15-24(29)20-31-18-22-11-7-4-8-12-22)28-14-13-23(16-28)19-30-17-21-9-5-3-6-10-21/h3-12,23-24,29H,2,13-20H2,1H3,(H,26,27). The van der Waals surface area contributed by atoms with Gasteiger partial charge in [0.1, 0.15) is 0 Å². The smallest absolute Gasteiger partial charge is 0.194 e. The lowest BCUT2D eigenvalue weighted by Crippen LogP contribution is -2.41. The van der Waals surface area contributed by atoms with Crippen molar-refractivity contribution in [2.24, 2.45) is 10.9 Å². The molecule has 0 aromatic heterocycles. The first-order chi connectivity index (χ1) is 15.2. The SMILES string of the molecule is CCNC(=NCC(O)COCc1ccccc1)N1CCC(COCc2ccccc2)C1. The quantitative estimate of drug-likeness (QED) is 0.428. The molecule has 31 heavy (non-hydrogen) atoms. The van der Waals surface area contributed by atoms with Crippen LogP contribution in [0.4, 0.5) is 0 Å². The normalized spacial score (nSPS) is 17.7. The third-order valence-corrected chi connectivity index (χ3v) is 5.26. The van der Waals surface area contributed by atoms with E-state index in [1.165, 1.54) is 5.56 Å². The van der Waals surface area contributed by atoms with Crippen LogP contribution in [0.15, 0.2) is 65.7 Å². The van der Waals surface area contributed by atoms with Crippen molar-refractivity contribution in [1.29, 1.82) is 0 Å². The first-order valence-corrected chi connectivity index (χ1v) is 11.2. The van der Waals surface area contributed by atoms with E-state index in [1.54, 1.807) is 0 Å². The number of benzene rings is 2. The topological polar surface area (TPSA) is 66.3 Å². The van der Waals surface area contributed by atoms with Gasteiger partial charge in [-0.3, -0.25) is 4.99 Å². The van der Waals surface area contributed by atoms with E-state index in [0.717, 1.165) is 44.2 Å². The Morgan fingerprint density at radius 3 is 2.35 bits per heavy atom. The Hall–Kier alpha value is -2.41. The van der Waals surface area contributed by atoms with Gasteiger partial charge in [0.15, 0.2) is 5.96 Å². The monoisotopic (exact) mass is 425 g/mol. The molecule has 2 aromatic rings. The van der Waals surface area contributed by atoms with Crippen LogP contribution in [0.25, 0.3) is 0 Å². The summed E-state index contributed by atoms with van der Waals surface area (Å²) in [6.45, 7) is 7.22. The Labute approximate surface area is 185 Å². The van der Waals surface area contributed by atoms with Gasteiger partial charge in [-0.1, -0.05) is 60.7 Å². The number of rotatable bonds is 11. The fraction of sp³-hybridized carbons (Fsp3) is 0.480. The molecule has 1 fully saturated rings. The molecule has 0 spiro atoms. The Morgan fingerprint density at radius 2 is 1.71 bits per heavy atom. The van der Waals surface area contributed by atoms with Crippen LogP contribution in [0.3, 0.4) is 0 Å². The minimum Gasteiger partial charge on any atom is -0.389 e. The number of guanidine groups is 1. The van der Waals surface area contributed by atoms with Gasteiger partial charge < -0.3 is 24.8 Å². The van der Waals surface area contributed by atoms with E-state index in [4.69, 9.17) is 9.47 Å². The Morgan fingerprint density at radius 1 is 1.06 bits per heavy atom. The molecule has 6 heteroatoms. The zero-order chi connectivity index (χ0) is 21.7. The molecule has 1 aliphatic heterocycles. The molecule has 0 aliphatic carbocycles. The van der Waals surface area contributed by atoms with E-state index in [-0.39, 0.29) is 6.61 Å². The molecule has 1 heterocycles. The maximum Gasteiger partial charge on any atom is 0.194 e. The molecule has 2 N–H and O–H groups in total. The average molecular weight is 426 g/mol. The number of hydrogen-bond acceptors (Lipinski definition) is 4. The van der Waals surface area contributed by atoms with Gasteiger partial charge in [0.05, 0.1) is 39.1 Å². The van der Waals surface area contributed by atoms with Crippen molar-refractivity contribution in [2.45, 2.75) is 32.7 Å². The summed E-state index contributed by atoms with van der Waals surface area (Å²) in [5.41, 5.74) is 2.31. The van der Waals surface area contributed by atoms with Gasteiger partial charge in [-0.25, -0.2) is 0 Å². The first kappa shape index (κ1) is 23.3. The average Bonchev–Trinajstić information content (AvgIpc) is 3.27. The second-order valence-corrected chi connectivity index (χ2v) is 7.95. The van der Waals surface area contributed by atoms with Crippen LogP contribution in [-0.4, -0.2) is 61.5 Å². The lowest BCUT2D eigenvalue weighted by atomic mass is 10.1.